The summed E-state index contributed by atoms with van der Waals surface area (Å²) in [6.07, 6.45) is 1.07. The molecule has 1 amide bonds. The molecule has 0 aliphatic carbocycles. The Morgan fingerprint density at radius 1 is 1.46 bits per heavy atom. The fraction of sp³-hybridized carbons (Fsp3) is 0.421. The van der Waals surface area contributed by atoms with Crippen LogP contribution in [-0.4, -0.2) is 39.8 Å². The van der Waals surface area contributed by atoms with E-state index in [4.69, 9.17) is 4.98 Å². The first-order chi connectivity index (χ1) is 12.5. The molecule has 136 valence electrons. The molecule has 4 heterocycles. The second kappa shape index (κ2) is 6.81. The molecule has 1 saturated heterocycles. The van der Waals surface area contributed by atoms with E-state index in [0.717, 1.165) is 46.8 Å². The average Bonchev–Trinajstić information content (AvgIpc) is 3.25. The minimum Gasteiger partial charge on any atom is -0.348 e. The van der Waals surface area contributed by atoms with Crippen molar-refractivity contribution >= 4 is 28.3 Å². The molecule has 0 bridgehead atoms. The maximum atomic E-state index is 13.2. The van der Waals surface area contributed by atoms with Crippen LogP contribution in [0.4, 0.5) is 0 Å². The molecule has 0 aromatic carbocycles. The Balaban J connectivity index is 1.78. The van der Waals surface area contributed by atoms with Gasteiger partial charge < -0.3 is 10.6 Å². The predicted molar refractivity (Wildman–Crippen MR) is 104 cm³/mol. The van der Waals surface area contributed by atoms with E-state index < -0.39 is 0 Å². The van der Waals surface area contributed by atoms with Gasteiger partial charge in [0.25, 0.3) is 5.91 Å². The number of carbonyl (C=O) groups excluding carboxylic acids is 1. The number of carbonyl (C=O) groups is 1. The Kier molecular flexibility index (Phi) is 4.50. The minimum atomic E-state index is -0.0492. The number of hydrogen-bond donors (Lipinski definition) is 2. The SMILES string of the molecule is Cc1nn(C)c2nc(-c3cccs3)cc(C(=O)NC3CNCCC3C)c12. The van der Waals surface area contributed by atoms with Crippen molar-refractivity contribution in [2.24, 2.45) is 13.0 Å². The molecule has 2 N–H and O–H groups in total. The maximum absolute atomic E-state index is 13.2. The summed E-state index contributed by atoms with van der Waals surface area (Å²) >= 11 is 1.62. The van der Waals surface area contributed by atoms with Crippen molar-refractivity contribution in [3.05, 3.63) is 34.8 Å². The van der Waals surface area contributed by atoms with Crippen molar-refractivity contribution in [2.75, 3.05) is 13.1 Å². The number of aromatic nitrogens is 3. The van der Waals surface area contributed by atoms with E-state index in [9.17, 15) is 4.79 Å². The number of nitrogens with one attached hydrogen (secondary N) is 2. The highest BCUT2D eigenvalue weighted by Gasteiger charge is 2.25. The van der Waals surface area contributed by atoms with E-state index in [1.807, 2.05) is 37.6 Å². The lowest BCUT2D eigenvalue weighted by Gasteiger charge is -2.30. The number of thiophene rings is 1. The van der Waals surface area contributed by atoms with Crippen LogP contribution < -0.4 is 10.6 Å². The summed E-state index contributed by atoms with van der Waals surface area (Å²) in [4.78, 5) is 19.0. The van der Waals surface area contributed by atoms with Crippen LogP contribution in [0.3, 0.4) is 0 Å². The third-order valence-corrected chi connectivity index (χ3v) is 6.02. The Bertz CT molecular complexity index is 947. The van der Waals surface area contributed by atoms with E-state index in [2.05, 4.69) is 22.7 Å². The van der Waals surface area contributed by atoms with Crippen molar-refractivity contribution in [3.63, 3.8) is 0 Å². The van der Waals surface area contributed by atoms with Crippen LogP contribution >= 0.6 is 11.3 Å². The van der Waals surface area contributed by atoms with Gasteiger partial charge in [-0.25, -0.2) is 4.98 Å². The van der Waals surface area contributed by atoms with Crippen molar-refractivity contribution < 1.29 is 4.79 Å². The van der Waals surface area contributed by atoms with Gasteiger partial charge in [0.05, 0.1) is 27.2 Å². The maximum Gasteiger partial charge on any atom is 0.252 e. The highest BCUT2D eigenvalue weighted by Crippen LogP contribution is 2.29. The number of piperidine rings is 1. The van der Waals surface area contributed by atoms with Crippen LogP contribution in [-0.2, 0) is 7.05 Å². The number of nitrogens with zero attached hydrogens (tertiary/aromatic N) is 3. The summed E-state index contributed by atoms with van der Waals surface area (Å²) in [5, 5.41) is 13.9. The van der Waals surface area contributed by atoms with E-state index >= 15 is 0 Å². The summed E-state index contributed by atoms with van der Waals surface area (Å²) in [6.45, 7) is 5.94. The molecular weight excluding hydrogens is 346 g/mol. The first-order valence-electron chi connectivity index (χ1n) is 8.94. The van der Waals surface area contributed by atoms with Crippen LogP contribution in [0.5, 0.6) is 0 Å². The molecule has 0 radical (unpaired) electrons. The molecule has 2 unspecified atom stereocenters. The topological polar surface area (TPSA) is 71.8 Å². The lowest BCUT2D eigenvalue weighted by molar-refractivity contribution is 0.0917. The lowest BCUT2D eigenvalue weighted by atomic mass is 9.94. The van der Waals surface area contributed by atoms with Gasteiger partial charge in [0.2, 0.25) is 0 Å². The lowest BCUT2D eigenvalue weighted by Crippen LogP contribution is -2.50. The fourth-order valence-electron chi connectivity index (χ4n) is 3.60. The quantitative estimate of drug-likeness (QED) is 0.745. The van der Waals surface area contributed by atoms with Gasteiger partial charge in [0.15, 0.2) is 5.65 Å². The second-order valence-corrected chi connectivity index (χ2v) is 7.94. The largest absolute Gasteiger partial charge is 0.348 e. The van der Waals surface area contributed by atoms with Gasteiger partial charge in [0.1, 0.15) is 0 Å². The Hall–Kier alpha value is -2.25. The minimum absolute atomic E-state index is 0.0492. The molecule has 4 rings (SSSR count). The zero-order valence-corrected chi connectivity index (χ0v) is 16.1. The molecule has 0 spiro atoms. The zero-order valence-electron chi connectivity index (χ0n) is 15.2. The normalized spacial score (nSPS) is 20.4. The van der Waals surface area contributed by atoms with E-state index in [-0.39, 0.29) is 11.9 Å². The number of aryl methyl sites for hydroxylation is 2. The summed E-state index contributed by atoms with van der Waals surface area (Å²) in [5.41, 5.74) is 3.04. The Labute approximate surface area is 156 Å². The van der Waals surface area contributed by atoms with Gasteiger partial charge >= 0.3 is 0 Å². The van der Waals surface area contributed by atoms with Gasteiger partial charge in [-0.05, 0) is 43.3 Å². The molecule has 1 fully saturated rings. The fourth-order valence-corrected chi connectivity index (χ4v) is 4.29. The van der Waals surface area contributed by atoms with Crippen LogP contribution in [0, 0.1) is 12.8 Å². The van der Waals surface area contributed by atoms with E-state index in [1.165, 1.54) is 0 Å². The molecule has 26 heavy (non-hydrogen) atoms. The second-order valence-electron chi connectivity index (χ2n) is 6.99. The highest BCUT2D eigenvalue weighted by molar-refractivity contribution is 7.13. The number of rotatable bonds is 3. The van der Waals surface area contributed by atoms with Gasteiger partial charge in [-0.2, -0.15) is 5.10 Å². The monoisotopic (exact) mass is 369 g/mol. The smallest absolute Gasteiger partial charge is 0.252 e. The van der Waals surface area contributed by atoms with Crippen molar-refractivity contribution in [3.8, 4) is 10.6 Å². The van der Waals surface area contributed by atoms with E-state index in [1.54, 1.807) is 16.0 Å². The van der Waals surface area contributed by atoms with Crippen LogP contribution in [0.15, 0.2) is 23.6 Å². The van der Waals surface area contributed by atoms with Gasteiger partial charge in [0, 0.05) is 19.6 Å². The average molecular weight is 369 g/mol. The Morgan fingerprint density at radius 3 is 3.04 bits per heavy atom. The number of fused-ring (bicyclic) bond motifs is 1. The molecule has 7 heteroatoms. The van der Waals surface area contributed by atoms with E-state index in [0.29, 0.717) is 11.5 Å². The van der Waals surface area contributed by atoms with Crippen molar-refractivity contribution in [2.45, 2.75) is 26.3 Å². The van der Waals surface area contributed by atoms with Crippen LogP contribution in [0.2, 0.25) is 0 Å². The van der Waals surface area contributed by atoms with Gasteiger partial charge in [-0.3, -0.25) is 9.48 Å². The van der Waals surface area contributed by atoms with Gasteiger partial charge in [-0.1, -0.05) is 13.0 Å². The standard InChI is InChI=1S/C19H23N5OS/c1-11-6-7-20-10-15(11)22-19(25)13-9-14(16-5-4-8-26-16)21-18-17(13)12(2)23-24(18)3/h4-5,8-9,11,15,20H,6-7,10H2,1-3H3,(H,22,25). The number of hydrogen-bond acceptors (Lipinski definition) is 5. The molecule has 0 saturated carbocycles. The molecule has 3 aromatic heterocycles. The summed E-state index contributed by atoms with van der Waals surface area (Å²) < 4.78 is 1.75. The third-order valence-electron chi connectivity index (χ3n) is 5.13. The van der Waals surface area contributed by atoms with Gasteiger partial charge in [-0.15, -0.1) is 11.3 Å². The molecule has 3 aromatic rings. The number of amides is 1. The van der Waals surface area contributed by atoms with Crippen LogP contribution in [0.1, 0.15) is 29.4 Å². The number of pyridine rings is 1. The summed E-state index contributed by atoms with van der Waals surface area (Å²) in [5.74, 6) is 0.413. The zero-order chi connectivity index (χ0) is 18.3. The molecule has 6 nitrogen and oxygen atoms in total. The first-order valence-corrected chi connectivity index (χ1v) is 9.82. The first kappa shape index (κ1) is 17.2. The summed E-state index contributed by atoms with van der Waals surface area (Å²) in [7, 11) is 1.87. The Morgan fingerprint density at radius 2 is 2.31 bits per heavy atom. The molecule has 1 aliphatic heterocycles. The third kappa shape index (κ3) is 3.01. The van der Waals surface area contributed by atoms with Crippen LogP contribution in [0.25, 0.3) is 21.6 Å². The molecular formula is C19H23N5OS. The molecule has 2 atom stereocenters. The van der Waals surface area contributed by atoms with Crippen molar-refractivity contribution in [1.29, 1.82) is 0 Å². The summed E-state index contributed by atoms with van der Waals surface area (Å²) in [6, 6.07) is 6.06. The highest BCUT2D eigenvalue weighted by atomic mass is 32.1. The van der Waals surface area contributed by atoms with Crippen molar-refractivity contribution in [1.82, 2.24) is 25.4 Å². The molecule has 1 aliphatic rings. The predicted octanol–water partition coefficient (Wildman–Crippen LogP) is 2.73.